The van der Waals surface area contributed by atoms with Crippen LogP contribution in [0.4, 0.5) is 11.4 Å². The fourth-order valence-corrected chi connectivity index (χ4v) is 2.03. The van der Waals surface area contributed by atoms with Crippen molar-refractivity contribution in [3.63, 3.8) is 0 Å². The normalized spacial score (nSPS) is 10.1. The molecule has 0 aliphatic carbocycles. The highest BCUT2D eigenvalue weighted by molar-refractivity contribution is 9.10. The second-order valence-corrected chi connectivity index (χ2v) is 4.90. The number of benzene rings is 2. The van der Waals surface area contributed by atoms with Gasteiger partial charge in [-0.25, -0.2) is 0 Å². The minimum atomic E-state index is -0.225. The van der Waals surface area contributed by atoms with Crippen LogP contribution in [0.5, 0.6) is 0 Å². The number of hydrogen-bond acceptors (Lipinski definition) is 2. The molecular weight excluding hydrogens is 316 g/mol. The molecule has 1 amide bonds. The van der Waals surface area contributed by atoms with Gasteiger partial charge < -0.3 is 11.1 Å². The Balaban J connectivity index is 2.22. The van der Waals surface area contributed by atoms with Crippen molar-refractivity contribution < 1.29 is 4.79 Å². The third kappa shape index (κ3) is 2.83. The molecular formula is C13H10BrClN2O. The molecule has 3 N–H and O–H groups in total. The predicted molar refractivity (Wildman–Crippen MR) is 78.0 cm³/mol. The molecule has 2 rings (SSSR count). The Bertz CT molecular complexity index is 584. The summed E-state index contributed by atoms with van der Waals surface area (Å²) in [5.41, 5.74) is 7.42. The highest BCUT2D eigenvalue weighted by atomic mass is 79.9. The Morgan fingerprint density at radius 3 is 2.50 bits per heavy atom. The molecule has 0 aromatic heterocycles. The Kier molecular flexibility index (Phi) is 3.89. The second-order valence-electron chi connectivity index (χ2n) is 3.67. The molecule has 0 radical (unpaired) electrons. The van der Waals surface area contributed by atoms with Crippen molar-refractivity contribution >= 4 is 44.8 Å². The van der Waals surface area contributed by atoms with E-state index in [1.54, 1.807) is 42.5 Å². The Labute approximate surface area is 118 Å². The number of nitrogen functional groups attached to an aromatic ring is 1. The van der Waals surface area contributed by atoms with E-state index in [0.717, 1.165) is 0 Å². The van der Waals surface area contributed by atoms with Gasteiger partial charge in [-0.15, -0.1) is 0 Å². The minimum absolute atomic E-state index is 0.225. The highest BCUT2D eigenvalue weighted by Gasteiger charge is 2.11. The van der Waals surface area contributed by atoms with Gasteiger partial charge in [0.15, 0.2) is 0 Å². The number of rotatable bonds is 2. The van der Waals surface area contributed by atoms with Crippen LogP contribution in [0, 0.1) is 0 Å². The summed E-state index contributed by atoms with van der Waals surface area (Å²) in [6, 6.07) is 12.1. The van der Waals surface area contributed by atoms with Gasteiger partial charge in [0.1, 0.15) is 0 Å². The molecule has 0 aliphatic heterocycles. The number of hydrogen-bond donors (Lipinski definition) is 2. The lowest BCUT2D eigenvalue weighted by molar-refractivity contribution is 0.102. The van der Waals surface area contributed by atoms with Crippen LogP contribution in [0.2, 0.25) is 5.02 Å². The van der Waals surface area contributed by atoms with E-state index < -0.39 is 0 Å². The molecule has 0 aliphatic rings. The van der Waals surface area contributed by atoms with Gasteiger partial charge in [-0.3, -0.25) is 4.79 Å². The van der Waals surface area contributed by atoms with E-state index in [4.69, 9.17) is 17.3 Å². The topological polar surface area (TPSA) is 55.1 Å². The van der Waals surface area contributed by atoms with E-state index in [1.807, 2.05) is 0 Å². The van der Waals surface area contributed by atoms with Crippen LogP contribution in [0.25, 0.3) is 0 Å². The molecule has 0 unspecified atom stereocenters. The third-order valence-corrected chi connectivity index (χ3v) is 3.51. The molecule has 0 spiro atoms. The third-order valence-electron chi connectivity index (χ3n) is 2.38. The first kappa shape index (κ1) is 12.9. The summed E-state index contributed by atoms with van der Waals surface area (Å²) in [5, 5.41) is 3.39. The van der Waals surface area contributed by atoms with E-state index in [1.165, 1.54) is 0 Å². The van der Waals surface area contributed by atoms with Gasteiger partial charge in [-0.05, 0) is 52.3 Å². The Hall–Kier alpha value is -1.52. The smallest absolute Gasteiger partial charge is 0.256 e. The molecule has 0 saturated carbocycles. The molecule has 0 heterocycles. The molecule has 0 bridgehead atoms. The average molecular weight is 326 g/mol. The number of nitrogens with one attached hydrogen (secondary N) is 1. The lowest BCUT2D eigenvalue weighted by atomic mass is 10.2. The van der Waals surface area contributed by atoms with Gasteiger partial charge in [0.05, 0.1) is 10.0 Å². The van der Waals surface area contributed by atoms with E-state index in [0.29, 0.717) is 26.4 Å². The van der Waals surface area contributed by atoms with Crippen molar-refractivity contribution in [1.82, 2.24) is 0 Å². The number of carbonyl (C=O) groups is 1. The van der Waals surface area contributed by atoms with Crippen LogP contribution in [0.1, 0.15) is 10.4 Å². The van der Waals surface area contributed by atoms with Gasteiger partial charge in [0.25, 0.3) is 5.91 Å². The maximum atomic E-state index is 12.0. The van der Waals surface area contributed by atoms with Crippen LogP contribution in [-0.4, -0.2) is 5.91 Å². The first-order chi connectivity index (χ1) is 8.58. The lowest BCUT2D eigenvalue weighted by Crippen LogP contribution is -2.13. The van der Waals surface area contributed by atoms with Crippen LogP contribution in [0.3, 0.4) is 0 Å². The zero-order valence-electron chi connectivity index (χ0n) is 9.28. The fraction of sp³-hybridized carbons (Fsp3) is 0. The maximum absolute atomic E-state index is 12.0. The van der Waals surface area contributed by atoms with Crippen molar-refractivity contribution in [2.75, 3.05) is 11.1 Å². The van der Waals surface area contributed by atoms with Gasteiger partial charge in [0.2, 0.25) is 0 Å². The SMILES string of the molecule is Nc1cccc(C(=O)Nc2ccc(Cl)cc2)c1Br. The van der Waals surface area contributed by atoms with Gasteiger partial charge in [0, 0.05) is 16.4 Å². The van der Waals surface area contributed by atoms with Crippen molar-refractivity contribution in [3.05, 3.63) is 57.5 Å². The molecule has 0 atom stereocenters. The fourth-order valence-electron chi connectivity index (χ4n) is 1.46. The molecule has 0 fully saturated rings. The van der Waals surface area contributed by atoms with Crippen LogP contribution in [-0.2, 0) is 0 Å². The molecule has 2 aromatic rings. The number of carbonyl (C=O) groups excluding carboxylic acids is 1. The first-order valence-electron chi connectivity index (χ1n) is 5.19. The van der Waals surface area contributed by atoms with E-state index in [-0.39, 0.29) is 5.91 Å². The molecule has 92 valence electrons. The standard InChI is InChI=1S/C13H10BrClN2O/c14-12-10(2-1-3-11(12)16)13(18)17-9-6-4-8(15)5-7-9/h1-7H,16H2,(H,17,18). The Morgan fingerprint density at radius 1 is 1.17 bits per heavy atom. The zero-order chi connectivity index (χ0) is 13.1. The first-order valence-corrected chi connectivity index (χ1v) is 6.36. The zero-order valence-corrected chi connectivity index (χ0v) is 11.6. The molecule has 0 saturated heterocycles. The summed E-state index contributed by atoms with van der Waals surface area (Å²) in [4.78, 5) is 12.0. The number of nitrogens with two attached hydrogens (primary N) is 1. The maximum Gasteiger partial charge on any atom is 0.256 e. The van der Waals surface area contributed by atoms with Crippen molar-refractivity contribution in [2.45, 2.75) is 0 Å². The second kappa shape index (κ2) is 5.42. The minimum Gasteiger partial charge on any atom is -0.398 e. The summed E-state index contributed by atoms with van der Waals surface area (Å²) < 4.78 is 0.594. The van der Waals surface area contributed by atoms with Crippen molar-refractivity contribution in [3.8, 4) is 0 Å². The monoisotopic (exact) mass is 324 g/mol. The highest BCUT2D eigenvalue weighted by Crippen LogP contribution is 2.24. The summed E-state index contributed by atoms with van der Waals surface area (Å²) in [6.07, 6.45) is 0. The summed E-state index contributed by atoms with van der Waals surface area (Å²) in [6.45, 7) is 0. The molecule has 5 heteroatoms. The quantitative estimate of drug-likeness (QED) is 0.822. The van der Waals surface area contributed by atoms with Crippen molar-refractivity contribution in [1.29, 1.82) is 0 Å². The average Bonchev–Trinajstić information content (AvgIpc) is 2.35. The number of halogens is 2. The van der Waals surface area contributed by atoms with Crippen LogP contribution < -0.4 is 11.1 Å². The largest absolute Gasteiger partial charge is 0.398 e. The van der Waals surface area contributed by atoms with Gasteiger partial charge in [-0.2, -0.15) is 0 Å². The van der Waals surface area contributed by atoms with Gasteiger partial charge in [-0.1, -0.05) is 17.7 Å². The van der Waals surface area contributed by atoms with E-state index in [2.05, 4.69) is 21.2 Å². The van der Waals surface area contributed by atoms with Gasteiger partial charge >= 0.3 is 0 Å². The van der Waals surface area contributed by atoms with Crippen LogP contribution in [0.15, 0.2) is 46.9 Å². The number of amides is 1. The predicted octanol–water partition coefficient (Wildman–Crippen LogP) is 3.94. The lowest BCUT2D eigenvalue weighted by Gasteiger charge is -2.08. The summed E-state index contributed by atoms with van der Waals surface area (Å²) in [5.74, 6) is -0.225. The van der Waals surface area contributed by atoms with Crippen LogP contribution >= 0.6 is 27.5 Å². The molecule has 3 nitrogen and oxygen atoms in total. The number of anilines is 2. The summed E-state index contributed by atoms with van der Waals surface area (Å²) >= 11 is 9.07. The molecule has 2 aromatic carbocycles. The van der Waals surface area contributed by atoms with E-state index >= 15 is 0 Å². The Morgan fingerprint density at radius 2 is 1.83 bits per heavy atom. The van der Waals surface area contributed by atoms with Crippen molar-refractivity contribution in [2.24, 2.45) is 0 Å². The van der Waals surface area contributed by atoms with E-state index in [9.17, 15) is 4.79 Å². The molecule has 18 heavy (non-hydrogen) atoms. The summed E-state index contributed by atoms with van der Waals surface area (Å²) in [7, 11) is 0.